The highest BCUT2D eigenvalue weighted by Gasteiger charge is 2.19. The van der Waals surface area contributed by atoms with Crippen molar-refractivity contribution < 1.29 is 28.5 Å². The molecule has 0 bridgehead atoms. The van der Waals surface area contributed by atoms with Crippen molar-refractivity contribution in [3.63, 3.8) is 0 Å². The first-order valence-electron chi connectivity index (χ1n) is 10.3. The highest BCUT2D eigenvalue weighted by atomic mass is 16.7. The van der Waals surface area contributed by atoms with Crippen LogP contribution in [0.5, 0.6) is 23.1 Å². The van der Waals surface area contributed by atoms with Gasteiger partial charge in [0.15, 0.2) is 5.75 Å². The number of aromatic amines is 1. The van der Waals surface area contributed by atoms with E-state index in [1.165, 1.54) is 0 Å². The molecule has 0 saturated carbocycles. The summed E-state index contributed by atoms with van der Waals surface area (Å²) >= 11 is 0. The number of carbonyl (C=O) groups excluding carboxylic acids is 1. The summed E-state index contributed by atoms with van der Waals surface area (Å²) < 4.78 is 27.1. The second kappa shape index (κ2) is 9.25. The van der Waals surface area contributed by atoms with Crippen LogP contribution in [0.15, 0.2) is 42.6 Å². The quantitative estimate of drug-likeness (QED) is 0.292. The summed E-state index contributed by atoms with van der Waals surface area (Å²) in [6.45, 7) is 3.66. The summed E-state index contributed by atoms with van der Waals surface area (Å²) in [5, 5.41) is 1.66. The summed E-state index contributed by atoms with van der Waals surface area (Å²) in [5.74, 6) is 1.87. The second-order valence-corrected chi connectivity index (χ2v) is 7.62. The van der Waals surface area contributed by atoms with E-state index < -0.39 is 6.16 Å². The first-order valence-corrected chi connectivity index (χ1v) is 10.3. The molecule has 2 aromatic heterocycles. The number of nitrogens with zero attached hydrogens (tertiary/aromatic N) is 1. The highest BCUT2D eigenvalue weighted by Crippen LogP contribution is 2.37. The number of nitrogens with one attached hydrogen (secondary N) is 1. The van der Waals surface area contributed by atoms with Gasteiger partial charge in [0.1, 0.15) is 11.5 Å². The molecule has 0 radical (unpaired) electrons. The van der Waals surface area contributed by atoms with E-state index in [0.29, 0.717) is 28.5 Å². The molecule has 4 rings (SSSR count). The van der Waals surface area contributed by atoms with Crippen LogP contribution in [0.1, 0.15) is 19.4 Å². The second-order valence-electron chi connectivity index (χ2n) is 7.62. The lowest BCUT2D eigenvalue weighted by atomic mass is 10.1. The Morgan fingerprint density at radius 3 is 2.58 bits per heavy atom. The molecular formula is C24H25N3O6. The molecule has 2 heterocycles. The third-order valence-corrected chi connectivity index (χ3v) is 4.92. The average molecular weight is 451 g/mol. The number of pyridine rings is 1. The minimum absolute atomic E-state index is 0.127. The minimum atomic E-state index is -0.826. The summed E-state index contributed by atoms with van der Waals surface area (Å²) in [6, 6.07) is 10.8. The molecule has 172 valence electrons. The monoisotopic (exact) mass is 451 g/mol. The number of rotatable bonds is 7. The van der Waals surface area contributed by atoms with Crippen molar-refractivity contribution in [1.29, 1.82) is 0 Å². The molecule has 0 aliphatic carbocycles. The van der Waals surface area contributed by atoms with Crippen molar-refractivity contribution >= 4 is 33.6 Å². The van der Waals surface area contributed by atoms with E-state index in [-0.39, 0.29) is 18.6 Å². The number of benzene rings is 2. The fourth-order valence-electron chi connectivity index (χ4n) is 3.52. The first-order chi connectivity index (χ1) is 15.9. The molecule has 9 nitrogen and oxygen atoms in total. The molecule has 0 fully saturated rings. The van der Waals surface area contributed by atoms with Crippen LogP contribution in [-0.4, -0.2) is 36.4 Å². The molecule has 0 aliphatic rings. The molecule has 3 N–H and O–H groups in total. The first kappa shape index (κ1) is 22.2. The van der Waals surface area contributed by atoms with Gasteiger partial charge in [0, 0.05) is 29.5 Å². The van der Waals surface area contributed by atoms with Crippen LogP contribution in [-0.2, 0) is 16.1 Å². The number of aromatic nitrogens is 2. The molecule has 9 heteroatoms. The number of anilines is 1. The molecule has 0 spiro atoms. The van der Waals surface area contributed by atoms with Crippen molar-refractivity contribution in [2.24, 2.45) is 0 Å². The zero-order valence-corrected chi connectivity index (χ0v) is 18.8. The fraction of sp³-hybridized carbons (Fsp3) is 0.250. The highest BCUT2D eigenvalue weighted by molar-refractivity contribution is 6.09. The van der Waals surface area contributed by atoms with E-state index in [9.17, 15) is 4.79 Å². The summed E-state index contributed by atoms with van der Waals surface area (Å²) in [5.41, 5.74) is 8.79. The number of hydrogen-bond acceptors (Lipinski definition) is 8. The van der Waals surface area contributed by atoms with Gasteiger partial charge in [0.2, 0.25) is 5.88 Å². The zero-order chi connectivity index (χ0) is 23.5. The van der Waals surface area contributed by atoms with E-state index in [2.05, 4.69) is 9.97 Å². The van der Waals surface area contributed by atoms with Gasteiger partial charge in [-0.3, -0.25) is 0 Å². The molecule has 33 heavy (non-hydrogen) atoms. The zero-order valence-electron chi connectivity index (χ0n) is 18.8. The normalized spacial score (nSPS) is 11.2. The van der Waals surface area contributed by atoms with Crippen LogP contribution < -0.4 is 19.9 Å². The standard InChI is InChI=1S/C24H25N3O6/c1-13(2)31-24(28)33-23-17(12-29-3)22-16-9-15(5-7-19(16)27-20(22)11-26-23)32-21-8-6-14(30-4)10-18(21)25/h5-11,13,27H,12,25H2,1-4H3. The van der Waals surface area contributed by atoms with Crippen molar-refractivity contribution in [2.75, 3.05) is 20.0 Å². The van der Waals surface area contributed by atoms with Crippen molar-refractivity contribution in [1.82, 2.24) is 9.97 Å². The largest absolute Gasteiger partial charge is 0.515 e. The Balaban J connectivity index is 1.77. The van der Waals surface area contributed by atoms with Gasteiger partial charge in [-0.15, -0.1) is 0 Å². The Hall–Kier alpha value is -3.98. The molecule has 4 aromatic rings. The molecule has 2 aromatic carbocycles. The van der Waals surface area contributed by atoms with Gasteiger partial charge in [-0.25, -0.2) is 9.78 Å². The SMILES string of the molecule is COCc1c(OC(=O)OC(C)C)ncc2[nH]c3ccc(Oc4ccc(OC)cc4N)cc3c12. The van der Waals surface area contributed by atoms with E-state index in [1.807, 2.05) is 18.2 Å². The molecule has 0 atom stereocenters. The van der Waals surface area contributed by atoms with Crippen LogP contribution in [0.3, 0.4) is 0 Å². The number of fused-ring (bicyclic) bond motifs is 3. The van der Waals surface area contributed by atoms with E-state index in [1.54, 1.807) is 52.5 Å². The van der Waals surface area contributed by atoms with E-state index >= 15 is 0 Å². The smallest absolute Gasteiger partial charge is 0.497 e. The van der Waals surface area contributed by atoms with Gasteiger partial charge in [-0.2, -0.15) is 0 Å². The summed E-state index contributed by atoms with van der Waals surface area (Å²) in [7, 11) is 3.14. The Morgan fingerprint density at radius 1 is 1.09 bits per heavy atom. The minimum Gasteiger partial charge on any atom is -0.497 e. The molecule has 0 unspecified atom stereocenters. The lowest BCUT2D eigenvalue weighted by Gasteiger charge is -2.12. The fourth-order valence-corrected chi connectivity index (χ4v) is 3.52. The Morgan fingerprint density at radius 2 is 1.88 bits per heavy atom. The van der Waals surface area contributed by atoms with Gasteiger partial charge in [-0.1, -0.05) is 0 Å². The molecular weight excluding hydrogens is 426 g/mol. The van der Waals surface area contributed by atoms with Crippen LogP contribution in [0.4, 0.5) is 10.5 Å². The Kier molecular flexibility index (Phi) is 6.23. The lowest BCUT2D eigenvalue weighted by molar-refractivity contribution is 0.0705. The van der Waals surface area contributed by atoms with Crippen LogP contribution in [0.2, 0.25) is 0 Å². The molecule has 0 amide bonds. The molecule has 0 aliphatic heterocycles. The number of methoxy groups -OCH3 is 2. The number of hydrogen-bond donors (Lipinski definition) is 2. The third kappa shape index (κ3) is 4.63. The van der Waals surface area contributed by atoms with Crippen molar-refractivity contribution in [2.45, 2.75) is 26.6 Å². The van der Waals surface area contributed by atoms with Gasteiger partial charge in [0.05, 0.1) is 42.8 Å². The molecule has 0 saturated heterocycles. The van der Waals surface area contributed by atoms with Crippen LogP contribution in [0.25, 0.3) is 21.8 Å². The van der Waals surface area contributed by atoms with Gasteiger partial charge >= 0.3 is 6.16 Å². The van der Waals surface area contributed by atoms with Gasteiger partial charge in [-0.05, 0) is 44.2 Å². The topological polar surface area (TPSA) is 118 Å². The maximum absolute atomic E-state index is 12.1. The average Bonchev–Trinajstić information content (AvgIpc) is 3.14. The Bertz CT molecular complexity index is 1310. The van der Waals surface area contributed by atoms with Crippen molar-refractivity contribution in [3.8, 4) is 23.1 Å². The number of nitrogens with two attached hydrogens (primary N) is 1. The number of H-pyrrole nitrogens is 1. The predicted molar refractivity (Wildman–Crippen MR) is 124 cm³/mol. The van der Waals surface area contributed by atoms with Gasteiger partial charge in [0.25, 0.3) is 0 Å². The number of nitrogen functional groups attached to an aromatic ring is 1. The maximum Gasteiger partial charge on any atom is 0.515 e. The van der Waals surface area contributed by atoms with Crippen LogP contribution in [0, 0.1) is 0 Å². The Labute approximate surface area is 190 Å². The van der Waals surface area contributed by atoms with Crippen molar-refractivity contribution in [3.05, 3.63) is 48.2 Å². The maximum atomic E-state index is 12.1. The number of ether oxygens (including phenoxy) is 5. The van der Waals surface area contributed by atoms with E-state index in [0.717, 1.165) is 21.8 Å². The van der Waals surface area contributed by atoms with Crippen LogP contribution >= 0.6 is 0 Å². The number of carbonyl (C=O) groups is 1. The van der Waals surface area contributed by atoms with Gasteiger partial charge < -0.3 is 34.4 Å². The predicted octanol–water partition coefficient (Wildman–Crippen LogP) is 5.17. The summed E-state index contributed by atoms with van der Waals surface area (Å²) in [4.78, 5) is 19.7. The summed E-state index contributed by atoms with van der Waals surface area (Å²) in [6.07, 6.45) is 0.465. The van der Waals surface area contributed by atoms with E-state index in [4.69, 9.17) is 29.4 Å². The third-order valence-electron chi connectivity index (χ3n) is 4.92. The lowest BCUT2D eigenvalue weighted by Crippen LogP contribution is -2.17.